The van der Waals surface area contributed by atoms with Crippen molar-refractivity contribution in [3.05, 3.63) is 29.9 Å². The van der Waals surface area contributed by atoms with Crippen LogP contribution in [0.25, 0.3) is 10.9 Å². The molecule has 4 rings (SSSR count). The van der Waals surface area contributed by atoms with Crippen LogP contribution in [0.15, 0.2) is 24.2 Å². The van der Waals surface area contributed by atoms with Gasteiger partial charge in [-0.1, -0.05) is 24.5 Å². The third-order valence-electron chi connectivity index (χ3n) is 5.00. The maximum absolute atomic E-state index is 13.0. The summed E-state index contributed by atoms with van der Waals surface area (Å²) in [6.45, 7) is -2.15. The Morgan fingerprint density at radius 2 is 2.09 bits per heavy atom. The average molecular weight is 319 g/mol. The van der Waals surface area contributed by atoms with Crippen LogP contribution in [-0.2, 0) is 7.05 Å². The molecular weight excluding hydrogens is 288 g/mol. The number of hydrogen-bond acceptors (Lipinski definition) is 3. The minimum absolute atomic E-state index is 0.0390. The summed E-state index contributed by atoms with van der Waals surface area (Å²) in [5, 5.41) is 7.23. The lowest BCUT2D eigenvalue weighted by Crippen LogP contribution is -2.55. The largest absolute Gasteiger partial charge is 0.348 e. The first-order valence-electron chi connectivity index (χ1n) is 11.5. The number of benzene rings is 1. The zero-order chi connectivity index (χ0) is 22.0. The molecule has 0 spiro atoms. The van der Waals surface area contributed by atoms with Crippen LogP contribution in [0.5, 0.6) is 0 Å². The zero-order valence-electron chi connectivity index (χ0n) is 20.0. The molecule has 0 radical (unpaired) electrons. The van der Waals surface area contributed by atoms with E-state index in [1.165, 1.54) is 4.68 Å². The van der Waals surface area contributed by atoms with Crippen molar-refractivity contribution in [2.75, 3.05) is 6.98 Å². The number of nitrogens with zero attached hydrogens (tertiary/aromatic N) is 3. The molecule has 0 saturated carbocycles. The normalized spacial score (nSPS) is 32.9. The second-order valence-electron chi connectivity index (χ2n) is 6.48. The quantitative estimate of drug-likeness (QED) is 0.924. The van der Waals surface area contributed by atoms with Gasteiger partial charge in [0.05, 0.1) is 11.0 Å². The van der Waals surface area contributed by atoms with E-state index in [0.717, 1.165) is 19.3 Å². The molecule has 5 heteroatoms. The summed E-state index contributed by atoms with van der Waals surface area (Å²) in [6, 6.07) is -1.75. The number of carbonyl (C=O) groups is 1. The number of aryl methyl sites for hydroxylation is 1. The van der Waals surface area contributed by atoms with E-state index >= 15 is 0 Å². The summed E-state index contributed by atoms with van der Waals surface area (Å²) in [7, 11) is 1.54. The molecule has 2 aromatic rings. The number of carbonyl (C=O) groups excluding carboxylic acids is 1. The lowest BCUT2D eigenvalue weighted by Gasteiger charge is -2.47. The van der Waals surface area contributed by atoms with Crippen molar-refractivity contribution in [2.45, 2.75) is 50.2 Å². The lowest BCUT2D eigenvalue weighted by molar-refractivity contribution is 0.0462. The molecule has 5 nitrogen and oxygen atoms in total. The maximum atomic E-state index is 13.0. The number of piperidine rings is 2. The Hall–Kier alpha value is -1.88. The Labute approximate surface area is 146 Å². The summed E-state index contributed by atoms with van der Waals surface area (Å²) in [6.07, 6.45) is 3.60. The third kappa shape index (κ3) is 2.53. The first-order chi connectivity index (χ1) is 14.0. The van der Waals surface area contributed by atoms with Crippen molar-refractivity contribution < 1.29 is 14.4 Å². The van der Waals surface area contributed by atoms with Gasteiger partial charge in [0, 0.05) is 34.7 Å². The molecule has 3 heterocycles. The van der Waals surface area contributed by atoms with Crippen LogP contribution in [0.4, 0.5) is 0 Å². The van der Waals surface area contributed by atoms with Crippen LogP contribution >= 0.6 is 0 Å². The van der Waals surface area contributed by atoms with Crippen LogP contribution in [0.1, 0.15) is 52.2 Å². The molecular formula is C18H24N4O. The van der Waals surface area contributed by atoms with Crippen molar-refractivity contribution >= 4 is 16.8 Å². The number of amides is 1. The summed E-state index contributed by atoms with van der Waals surface area (Å²) in [4.78, 5) is 14.7. The van der Waals surface area contributed by atoms with E-state index < -0.39 is 18.9 Å². The summed E-state index contributed by atoms with van der Waals surface area (Å²) < 4.78 is 56.8. The van der Waals surface area contributed by atoms with E-state index in [2.05, 4.69) is 10.4 Å². The van der Waals surface area contributed by atoms with Crippen LogP contribution in [-0.4, -0.2) is 45.7 Å². The van der Waals surface area contributed by atoms with E-state index in [4.69, 9.17) is 9.60 Å². The molecule has 2 aliphatic rings. The van der Waals surface area contributed by atoms with Crippen LogP contribution in [0, 0.1) is 0 Å². The van der Waals surface area contributed by atoms with Crippen molar-refractivity contribution in [3.63, 3.8) is 0 Å². The Bertz CT molecular complexity index is 1000. The SMILES string of the molecule is [2H]c1c([2H])c([2H])c2c(c(C(=O)NC3CC4CCCC(C3)N4C([2H])([2H])[2H])nn2C)c1[2H]. The van der Waals surface area contributed by atoms with Gasteiger partial charge in [0.15, 0.2) is 5.69 Å². The number of fused-ring (bicyclic) bond motifs is 3. The number of para-hydroxylation sites is 1. The Morgan fingerprint density at radius 1 is 1.35 bits per heavy atom. The molecule has 2 fully saturated rings. The second-order valence-corrected chi connectivity index (χ2v) is 6.48. The highest BCUT2D eigenvalue weighted by atomic mass is 16.2. The fourth-order valence-electron chi connectivity index (χ4n) is 3.88. The van der Waals surface area contributed by atoms with Crippen LogP contribution < -0.4 is 5.32 Å². The first kappa shape index (κ1) is 8.83. The Balaban J connectivity index is 1.62. The van der Waals surface area contributed by atoms with Gasteiger partial charge >= 0.3 is 0 Å². The van der Waals surface area contributed by atoms with Gasteiger partial charge in [-0.3, -0.25) is 9.48 Å². The van der Waals surface area contributed by atoms with Gasteiger partial charge in [-0.15, -0.1) is 0 Å². The third-order valence-corrected chi connectivity index (χ3v) is 5.00. The van der Waals surface area contributed by atoms with Crippen molar-refractivity contribution in [3.8, 4) is 0 Å². The molecule has 2 aliphatic heterocycles. The van der Waals surface area contributed by atoms with Crippen molar-refractivity contribution in [1.82, 2.24) is 20.0 Å². The lowest BCUT2D eigenvalue weighted by atomic mass is 9.82. The van der Waals surface area contributed by atoms with Gasteiger partial charge in [0.25, 0.3) is 5.91 Å². The molecule has 1 aromatic carbocycles. The zero-order valence-corrected chi connectivity index (χ0v) is 13.0. The van der Waals surface area contributed by atoms with Crippen LogP contribution in [0.2, 0.25) is 0 Å². The maximum Gasteiger partial charge on any atom is 0.272 e. The highest BCUT2D eigenvalue weighted by Crippen LogP contribution is 2.32. The number of nitrogens with one attached hydrogen (secondary N) is 1. The second kappa shape index (κ2) is 5.64. The smallest absolute Gasteiger partial charge is 0.272 e. The number of rotatable bonds is 2. The van der Waals surface area contributed by atoms with Gasteiger partial charge in [-0.25, -0.2) is 0 Å². The van der Waals surface area contributed by atoms with Gasteiger partial charge in [-0.2, -0.15) is 5.10 Å². The highest BCUT2D eigenvalue weighted by Gasteiger charge is 2.36. The molecule has 122 valence electrons. The number of hydrogen-bond donors (Lipinski definition) is 1. The Kier molecular flexibility index (Phi) is 2.16. The first-order valence-corrected chi connectivity index (χ1v) is 8.03. The van der Waals surface area contributed by atoms with Crippen molar-refractivity contribution in [1.29, 1.82) is 0 Å². The molecule has 2 unspecified atom stereocenters. The van der Waals surface area contributed by atoms with Gasteiger partial charge in [-0.05, 0) is 38.7 Å². The summed E-state index contributed by atoms with van der Waals surface area (Å²) >= 11 is 0. The van der Waals surface area contributed by atoms with E-state index in [1.54, 1.807) is 11.9 Å². The summed E-state index contributed by atoms with van der Waals surface area (Å²) in [5.41, 5.74) is 0.142. The van der Waals surface area contributed by atoms with Gasteiger partial charge in [0.1, 0.15) is 0 Å². The monoisotopic (exact) mass is 319 g/mol. The van der Waals surface area contributed by atoms with Gasteiger partial charge < -0.3 is 10.2 Å². The average Bonchev–Trinajstić information content (AvgIpc) is 3.00. The van der Waals surface area contributed by atoms with E-state index in [0.29, 0.717) is 12.8 Å². The number of aromatic nitrogens is 2. The molecule has 23 heavy (non-hydrogen) atoms. The predicted molar refractivity (Wildman–Crippen MR) is 90.4 cm³/mol. The molecule has 1 aromatic heterocycles. The minimum Gasteiger partial charge on any atom is -0.348 e. The summed E-state index contributed by atoms with van der Waals surface area (Å²) in [5.74, 6) is -0.504. The topological polar surface area (TPSA) is 50.2 Å². The van der Waals surface area contributed by atoms with E-state index in [-0.39, 0.29) is 52.8 Å². The molecule has 0 aliphatic carbocycles. The predicted octanol–water partition coefficient (Wildman–Crippen LogP) is 2.32. The standard InChI is InChI=1S/C18H24N4O/c1-21-13-6-5-7-14(21)11-12(10-13)19-18(23)17-15-8-3-4-9-16(15)22(2)20-17/h3-4,8-9,12-14H,5-7,10-11H2,1-2H3,(H,19,23)/i1D3,3D,4D,8D,9D. The van der Waals surface area contributed by atoms with Gasteiger partial charge in [0.2, 0.25) is 0 Å². The fourth-order valence-corrected chi connectivity index (χ4v) is 3.88. The molecule has 2 bridgehead atoms. The van der Waals surface area contributed by atoms with Crippen LogP contribution in [0.3, 0.4) is 0 Å². The fraction of sp³-hybridized carbons (Fsp3) is 0.556. The van der Waals surface area contributed by atoms with E-state index in [9.17, 15) is 4.79 Å². The minimum atomic E-state index is -2.15. The Morgan fingerprint density at radius 3 is 2.83 bits per heavy atom. The van der Waals surface area contributed by atoms with E-state index in [1.807, 2.05) is 0 Å². The molecule has 1 N–H and O–H groups in total. The highest BCUT2D eigenvalue weighted by molar-refractivity contribution is 6.04. The molecule has 2 saturated heterocycles. The molecule has 2 atom stereocenters. The molecule has 1 amide bonds. The van der Waals surface area contributed by atoms with Crippen molar-refractivity contribution in [2.24, 2.45) is 7.05 Å².